The molecule has 1 aliphatic heterocycles. The van der Waals surface area contributed by atoms with Gasteiger partial charge in [0.1, 0.15) is 17.1 Å². The molecule has 0 N–H and O–H groups in total. The Morgan fingerprint density at radius 3 is 1.59 bits per heavy atom. The largest absolute Gasteiger partial charge is 0.457 e. The van der Waals surface area contributed by atoms with Crippen molar-refractivity contribution in [2.75, 3.05) is 9.80 Å². The van der Waals surface area contributed by atoms with E-state index in [-0.39, 0.29) is 0 Å². The number of hydrogen-bond acceptors (Lipinski definition) is 4. The molecule has 2 heterocycles. The zero-order valence-electron chi connectivity index (χ0n) is 32.0. The molecule has 1 aromatic heterocycles. The molecule has 0 bridgehead atoms. The van der Waals surface area contributed by atoms with Gasteiger partial charge in [-0.25, -0.2) is 0 Å². The predicted octanol–water partition coefficient (Wildman–Crippen LogP) is 15.0. The van der Waals surface area contributed by atoms with E-state index in [1.54, 1.807) is 0 Å². The summed E-state index contributed by atoms with van der Waals surface area (Å²) in [6.45, 7) is 0. The van der Waals surface area contributed by atoms with E-state index in [4.69, 9.17) is 9.15 Å². The summed E-state index contributed by atoms with van der Waals surface area (Å²) in [4.78, 5) is 4.62. The second-order valence-electron chi connectivity index (χ2n) is 15.2. The summed E-state index contributed by atoms with van der Waals surface area (Å²) in [5.41, 5.74) is 14.5. The third-order valence-corrected chi connectivity index (χ3v) is 12.1. The number of anilines is 6. The third kappa shape index (κ3) is 4.96. The average molecular weight is 757 g/mol. The Balaban J connectivity index is 1.10. The maximum Gasteiger partial charge on any atom is 0.159 e. The molecule has 1 aliphatic carbocycles. The molecule has 0 fully saturated rings. The number of rotatable bonds is 6. The second kappa shape index (κ2) is 13.1. The molecule has 4 nitrogen and oxygen atoms in total. The molecule has 0 radical (unpaired) electrons. The van der Waals surface area contributed by atoms with Crippen LogP contribution in [0.3, 0.4) is 0 Å². The zero-order chi connectivity index (χ0) is 38.9. The number of nitrogens with zero attached hydrogens (tertiary/aromatic N) is 2. The fourth-order valence-electron chi connectivity index (χ4n) is 9.70. The van der Waals surface area contributed by atoms with E-state index in [0.29, 0.717) is 0 Å². The van der Waals surface area contributed by atoms with Crippen LogP contribution in [-0.4, -0.2) is 0 Å². The summed E-state index contributed by atoms with van der Waals surface area (Å²) in [5.74, 6) is 1.68. The molecule has 0 amide bonds. The smallest absolute Gasteiger partial charge is 0.159 e. The quantitative estimate of drug-likeness (QED) is 0.169. The fraction of sp³-hybridized carbons (Fsp3) is 0.0182. The molecule has 12 rings (SSSR count). The highest BCUT2D eigenvalue weighted by Gasteiger charge is 2.51. The van der Waals surface area contributed by atoms with Crippen molar-refractivity contribution in [1.82, 2.24) is 0 Å². The van der Waals surface area contributed by atoms with E-state index < -0.39 is 5.41 Å². The van der Waals surface area contributed by atoms with Gasteiger partial charge in [-0.1, -0.05) is 146 Å². The molecule has 2 aliphatic rings. The number of hydrogen-bond donors (Lipinski definition) is 0. The van der Waals surface area contributed by atoms with Crippen molar-refractivity contribution < 1.29 is 9.15 Å². The molecule has 9 aromatic carbocycles. The van der Waals surface area contributed by atoms with Gasteiger partial charge in [0.05, 0.1) is 11.1 Å². The molecular weight excluding hydrogens is 721 g/mol. The van der Waals surface area contributed by atoms with Gasteiger partial charge in [-0.15, -0.1) is 0 Å². The van der Waals surface area contributed by atoms with Crippen LogP contribution in [0.1, 0.15) is 22.3 Å². The van der Waals surface area contributed by atoms with Gasteiger partial charge in [0.15, 0.2) is 5.58 Å². The normalized spacial score (nSPS) is 13.0. The van der Waals surface area contributed by atoms with E-state index in [1.807, 2.05) is 12.1 Å². The number of para-hydroxylation sites is 5. The van der Waals surface area contributed by atoms with Crippen molar-refractivity contribution in [1.29, 1.82) is 0 Å². The Bertz CT molecular complexity index is 3140. The minimum Gasteiger partial charge on any atom is -0.457 e. The maximum absolute atomic E-state index is 7.01. The first kappa shape index (κ1) is 33.3. The Labute approximate surface area is 342 Å². The summed E-state index contributed by atoms with van der Waals surface area (Å²) >= 11 is 0. The molecule has 0 unspecified atom stereocenters. The Morgan fingerprint density at radius 1 is 0.339 bits per heavy atom. The predicted molar refractivity (Wildman–Crippen MR) is 240 cm³/mol. The summed E-state index contributed by atoms with van der Waals surface area (Å²) < 4.78 is 13.8. The molecule has 0 atom stereocenters. The van der Waals surface area contributed by atoms with Crippen molar-refractivity contribution in [3.63, 3.8) is 0 Å². The summed E-state index contributed by atoms with van der Waals surface area (Å²) in [7, 11) is 0. The number of fused-ring (bicyclic) bond motifs is 12. The van der Waals surface area contributed by atoms with Crippen LogP contribution < -0.4 is 14.5 Å². The van der Waals surface area contributed by atoms with Crippen LogP contribution in [0.25, 0.3) is 33.1 Å². The van der Waals surface area contributed by atoms with Gasteiger partial charge in [0.25, 0.3) is 0 Å². The minimum atomic E-state index is -0.550. The lowest BCUT2D eigenvalue weighted by Crippen LogP contribution is -2.32. The van der Waals surface area contributed by atoms with Crippen LogP contribution in [0.15, 0.2) is 223 Å². The first-order valence-electron chi connectivity index (χ1n) is 20.1. The summed E-state index contributed by atoms with van der Waals surface area (Å²) in [6.07, 6.45) is 0. The second-order valence-corrected chi connectivity index (χ2v) is 15.2. The van der Waals surface area contributed by atoms with E-state index >= 15 is 0 Å². The monoisotopic (exact) mass is 756 g/mol. The van der Waals surface area contributed by atoms with Gasteiger partial charge in [0, 0.05) is 56.4 Å². The lowest BCUT2D eigenvalue weighted by Gasteiger charge is -2.40. The lowest BCUT2D eigenvalue weighted by atomic mass is 9.66. The standard InChI is InChI=1S/C55H36N2O2/c1-3-17-37(18-4-1)56(38-19-5-2-6-20-38)39-21-15-22-40(35-39)57(50-30-16-26-45-44-25-9-13-31-51(44)59-54(45)50)41-33-34-49-53(36-41)58-52-32-14-12-29-48(52)55(49)46-27-10-7-23-42(46)43-24-8-11-28-47(43)55/h1-36H. The van der Waals surface area contributed by atoms with Crippen molar-refractivity contribution in [3.05, 3.63) is 241 Å². The van der Waals surface area contributed by atoms with Crippen molar-refractivity contribution in [3.8, 4) is 22.6 Å². The van der Waals surface area contributed by atoms with Crippen molar-refractivity contribution in [2.24, 2.45) is 0 Å². The zero-order valence-corrected chi connectivity index (χ0v) is 32.0. The average Bonchev–Trinajstić information content (AvgIpc) is 3.82. The highest BCUT2D eigenvalue weighted by Crippen LogP contribution is 2.62. The molecule has 1 spiro atoms. The minimum absolute atomic E-state index is 0.550. The van der Waals surface area contributed by atoms with Crippen LogP contribution in [0.5, 0.6) is 11.5 Å². The van der Waals surface area contributed by atoms with E-state index in [9.17, 15) is 0 Å². The third-order valence-electron chi connectivity index (χ3n) is 12.1. The molecule has 278 valence electrons. The fourth-order valence-corrected chi connectivity index (χ4v) is 9.70. The van der Waals surface area contributed by atoms with Crippen LogP contribution in [0.2, 0.25) is 0 Å². The molecule has 10 aromatic rings. The maximum atomic E-state index is 7.01. The van der Waals surface area contributed by atoms with Gasteiger partial charge in [0.2, 0.25) is 0 Å². The van der Waals surface area contributed by atoms with Gasteiger partial charge in [-0.05, 0) is 89.0 Å². The number of ether oxygens (including phenoxy) is 1. The number of benzene rings is 9. The van der Waals surface area contributed by atoms with Crippen molar-refractivity contribution >= 4 is 56.1 Å². The molecule has 0 saturated heterocycles. The van der Waals surface area contributed by atoms with Crippen LogP contribution in [-0.2, 0) is 5.41 Å². The van der Waals surface area contributed by atoms with Crippen LogP contribution in [0.4, 0.5) is 34.1 Å². The van der Waals surface area contributed by atoms with Gasteiger partial charge in [-0.3, -0.25) is 0 Å². The van der Waals surface area contributed by atoms with E-state index in [2.05, 4.69) is 216 Å². The molecule has 0 saturated carbocycles. The van der Waals surface area contributed by atoms with Crippen LogP contribution >= 0.6 is 0 Å². The lowest BCUT2D eigenvalue weighted by molar-refractivity contribution is 0.436. The summed E-state index contributed by atoms with van der Waals surface area (Å²) in [5, 5.41) is 2.15. The Morgan fingerprint density at radius 2 is 0.864 bits per heavy atom. The number of furan rings is 1. The van der Waals surface area contributed by atoms with E-state index in [1.165, 1.54) is 22.3 Å². The van der Waals surface area contributed by atoms with Crippen molar-refractivity contribution in [2.45, 2.75) is 5.41 Å². The van der Waals surface area contributed by atoms with Crippen LogP contribution in [0, 0.1) is 0 Å². The molecule has 4 heteroatoms. The van der Waals surface area contributed by atoms with Gasteiger partial charge < -0.3 is 19.0 Å². The first-order chi connectivity index (χ1) is 29.3. The Hall–Kier alpha value is -7.82. The molecule has 59 heavy (non-hydrogen) atoms. The van der Waals surface area contributed by atoms with E-state index in [0.717, 1.165) is 78.7 Å². The topological polar surface area (TPSA) is 28.9 Å². The summed E-state index contributed by atoms with van der Waals surface area (Å²) in [6, 6.07) is 77.5. The highest BCUT2D eigenvalue weighted by molar-refractivity contribution is 6.10. The Kier molecular flexibility index (Phi) is 7.41. The molecular formula is C55H36N2O2. The van der Waals surface area contributed by atoms with Gasteiger partial charge in [-0.2, -0.15) is 0 Å². The SMILES string of the molecule is c1ccc(N(c2ccccc2)c2cccc(N(c3ccc4c(c3)Oc3ccccc3C43c4ccccc4-c4ccccc43)c3cccc4c3oc3ccccc34)c2)cc1. The van der Waals surface area contributed by atoms with Gasteiger partial charge >= 0.3 is 0 Å². The first-order valence-corrected chi connectivity index (χ1v) is 20.1. The highest BCUT2D eigenvalue weighted by atomic mass is 16.5.